The highest BCUT2D eigenvalue weighted by Crippen LogP contribution is 2.31. The van der Waals surface area contributed by atoms with Gasteiger partial charge in [0.25, 0.3) is 0 Å². The predicted octanol–water partition coefficient (Wildman–Crippen LogP) is 2.70. The van der Waals surface area contributed by atoms with Crippen molar-refractivity contribution in [1.82, 2.24) is 5.32 Å². The Hall–Kier alpha value is -1.27. The number of alkyl halides is 3. The van der Waals surface area contributed by atoms with Crippen LogP contribution in [0.2, 0.25) is 0 Å². The molecule has 3 N–H and O–H groups in total. The number of halogens is 4. The highest BCUT2D eigenvalue weighted by molar-refractivity contribution is 5.85. The molecule has 0 aliphatic heterocycles. The standard InChI is InChI=1S/C13H17F3N2O.ClH/c1-2-11(12(19)18-7-6-17)9-4-3-5-10(8-9)13(14,15)16;/h3-5,8,11H,2,6-7,17H2,1H3,(H,18,19);1H. The normalized spacial score (nSPS) is 12.4. The molecule has 1 aromatic carbocycles. The first-order valence-electron chi connectivity index (χ1n) is 6.05. The molecule has 0 heterocycles. The fraction of sp³-hybridized carbons (Fsp3) is 0.462. The van der Waals surface area contributed by atoms with E-state index in [-0.39, 0.29) is 18.3 Å². The molecule has 1 unspecified atom stereocenters. The van der Waals surface area contributed by atoms with Crippen LogP contribution >= 0.6 is 12.4 Å². The Kier molecular flexibility index (Phi) is 7.60. The van der Waals surface area contributed by atoms with Crippen LogP contribution in [-0.2, 0) is 11.0 Å². The number of benzene rings is 1. The van der Waals surface area contributed by atoms with Crippen molar-refractivity contribution >= 4 is 18.3 Å². The van der Waals surface area contributed by atoms with Crippen LogP contribution in [0.15, 0.2) is 24.3 Å². The molecule has 0 saturated carbocycles. The smallest absolute Gasteiger partial charge is 0.354 e. The van der Waals surface area contributed by atoms with Crippen LogP contribution in [-0.4, -0.2) is 19.0 Å². The minimum atomic E-state index is -4.40. The van der Waals surface area contributed by atoms with Crippen LogP contribution in [0.5, 0.6) is 0 Å². The van der Waals surface area contributed by atoms with Crippen molar-refractivity contribution in [3.63, 3.8) is 0 Å². The van der Waals surface area contributed by atoms with Crippen LogP contribution in [0.1, 0.15) is 30.4 Å². The molecule has 0 spiro atoms. The van der Waals surface area contributed by atoms with E-state index < -0.39 is 17.7 Å². The predicted molar refractivity (Wildman–Crippen MR) is 73.8 cm³/mol. The van der Waals surface area contributed by atoms with E-state index in [2.05, 4.69) is 5.32 Å². The average Bonchev–Trinajstić information content (AvgIpc) is 2.36. The Balaban J connectivity index is 0.00000361. The van der Waals surface area contributed by atoms with Crippen molar-refractivity contribution in [3.8, 4) is 0 Å². The maximum absolute atomic E-state index is 12.6. The molecule has 3 nitrogen and oxygen atoms in total. The van der Waals surface area contributed by atoms with Crippen molar-refractivity contribution in [1.29, 1.82) is 0 Å². The van der Waals surface area contributed by atoms with E-state index in [1.807, 2.05) is 0 Å². The number of carbonyl (C=O) groups excluding carboxylic acids is 1. The Morgan fingerprint density at radius 1 is 1.40 bits per heavy atom. The highest BCUT2D eigenvalue weighted by Gasteiger charge is 2.31. The number of rotatable bonds is 5. The van der Waals surface area contributed by atoms with Gasteiger partial charge in [-0.1, -0.05) is 25.1 Å². The van der Waals surface area contributed by atoms with E-state index in [0.717, 1.165) is 12.1 Å². The Morgan fingerprint density at radius 3 is 2.55 bits per heavy atom. The van der Waals surface area contributed by atoms with E-state index in [9.17, 15) is 18.0 Å². The average molecular weight is 311 g/mol. The third-order valence-corrected chi connectivity index (χ3v) is 2.78. The molecule has 0 aliphatic carbocycles. The van der Waals surface area contributed by atoms with Gasteiger partial charge in [-0.2, -0.15) is 13.2 Å². The summed E-state index contributed by atoms with van der Waals surface area (Å²) in [5, 5.41) is 2.59. The number of hydrogen-bond acceptors (Lipinski definition) is 2. The van der Waals surface area contributed by atoms with E-state index in [1.54, 1.807) is 6.92 Å². The molecule has 1 atom stereocenters. The van der Waals surface area contributed by atoms with Crippen molar-refractivity contribution < 1.29 is 18.0 Å². The van der Waals surface area contributed by atoms with Crippen molar-refractivity contribution in [2.45, 2.75) is 25.4 Å². The highest BCUT2D eigenvalue weighted by atomic mass is 35.5. The zero-order valence-corrected chi connectivity index (χ0v) is 11.9. The van der Waals surface area contributed by atoms with Gasteiger partial charge in [0.1, 0.15) is 0 Å². The molecule has 1 rings (SSSR count). The maximum atomic E-state index is 12.6. The maximum Gasteiger partial charge on any atom is 0.416 e. The summed E-state index contributed by atoms with van der Waals surface area (Å²) >= 11 is 0. The van der Waals surface area contributed by atoms with Crippen LogP contribution in [0.4, 0.5) is 13.2 Å². The first-order valence-corrected chi connectivity index (χ1v) is 6.05. The van der Waals surface area contributed by atoms with Gasteiger partial charge >= 0.3 is 6.18 Å². The molecule has 0 bridgehead atoms. The SMILES string of the molecule is CCC(C(=O)NCCN)c1cccc(C(F)(F)F)c1.Cl. The first-order chi connectivity index (χ1) is 8.90. The largest absolute Gasteiger partial charge is 0.416 e. The third-order valence-electron chi connectivity index (χ3n) is 2.78. The zero-order valence-electron chi connectivity index (χ0n) is 11.0. The molecule has 0 saturated heterocycles. The molecule has 0 aromatic heterocycles. The summed E-state index contributed by atoms with van der Waals surface area (Å²) < 4.78 is 37.9. The summed E-state index contributed by atoms with van der Waals surface area (Å²) in [5.74, 6) is -0.888. The van der Waals surface area contributed by atoms with Crippen molar-refractivity contribution in [2.75, 3.05) is 13.1 Å². The van der Waals surface area contributed by atoms with Gasteiger partial charge in [-0.3, -0.25) is 4.79 Å². The van der Waals surface area contributed by atoms with E-state index in [4.69, 9.17) is 5.73 Å². The fourth-order valence-corrected chi connectivity index (χ4v) is 1.82. The summed E-state index contributed by atoms with van der Waals surface area (Å²) in [6, 6.07) is 4.87. The molecule has 20 heavy (non-hydrogen) atoms. The quantitative estimate of drug-likeness (QED) is 0.878. The van der Waals surface area contributed by atoms with Crippen molar-refractivity contribution in [2.24, 2.45) is 5.73 Å². The lowest BCUT2D eigenvalue weighted by molar-refractivity contribution is -0.137. The minimum Gasteiger partial charge on any atom is -0.354 e. The monoisotopic (exact) mass is 310 g/mol. The second kappa shape index (κ2) is 8.11. The van der Waals surface area contributed by atoms with Gasteiger partial charge in [-0.15, -0.1) is 12.4 Å². The molecule has 0 radical (unpaired) electrons. The summed E-state index contributed by atoms with van der Waals surface area (Å²) in [6.45, 7) is 2.37. The number of nitrogens with two attached hydrogens (primary N) is 1. The Labute approximate surface area is 122 Å². The number of hydrogen-bond donors (Lipinski definition) is 2. The number of amides is 1. The topological polar surface area (TPSA) is 55.1 Å². The van der Waals surface area contributed by atoms with E-state index in [0.29, 0.717) is 25.1 Å². The molecule has 114 valence electrons. The van der Waals surface area contributed by atoms with E-state index in [1.165, 1.54) is 12.1 Å². The van der Waals surface area contributed by atoms with Crippen LogP contribution in [0, 0.1) is 0 Å². The Bertz CT molecular complexity index is 438. The molecule has 1 aromatic rings. The number of nitrogens with one attached hydrogen (secondary N) is 1. The van der Waals surface area contributed by atoms with Gasteiger partial charge in [-0.05, 0) is 18.1 Å². The second-order valence-corrected chi connectivity index (χ2v) is 4.16. The summed E-state index contributed by atoms with van der Waals surface area (Å²) in [6.07, 6.45) is -3.97. The van der Waals surface area contributed by atoms with Gasteiger partial charge in [-0.25, -0.2) is 0 Å². The van der Waals surface area contributed by atoms with E-state index >= 15 is 0 Å². The van der Waals surface area contributed by atoms with Gasteiger partial charge in [0.15, 0.2) is 0 Å². The van der Waals surface area contributed by atoms with Crippen LogP contribution in [0.3, 0.4) is 0 Å². The second-order valence-electron chi connectivity index (χ2n) is 4.16. The molecule has 7 heteroatoms. The Morgan fingerprint density at radius 2 is 2.05 bits per heavy atom. The third kappa shape index (κ3) is 5.02. The summed E-state index contributed by atoms with van der Waals surface area (Å²) in [5.41, 5.74) is 4.90. The van der Waals surface area contributed by atoms with Crippen molar-refractivity contribution in [3.05, 3.63) is 35.4 Å². The molecular formula is C13H18ClF3N2O. The lowest BCUT2D eigenvalue weighted by atomic mass is 9.94. The molecule has 0 fully saturated rings. The number of carbonyl (C=O) groups is 1. The van der Waals surface area contributed by atoms with Gasteiger partial charge in [0.2, 0.25) is 5.91 Å². The first kappa shape index (κ1) is 18.7. The lowest BCUT2D eigenvalue weighted by Crippen LogP contribution is -2.33. The molecular weight excluding hydrogens is 293 g/mol. The summed E-state index contributed by atoms with van der Waals surface area (Å²) in [4.78, 5) is 11.8. The van der Waals surface area contributed by atoms with Gasteiger partial charge in [0, 0.05) is 13.1 Å². The lowest BCUT2D eigenvalue weighted by Gasteiger charge is -2.16. The van der Waals surface area contributed by atoms with Crippen LogP contribution < -0.4 is 11.1 Å². The minimum absolute atomic E-state index is 0. The summed E-state index contributed by atoms with van der Waals surface area (Å²) in [7, 11) is 0. The fourth-order valence-electron chi connectivity index (χ4n) is 1.82. The zero-order chi connectivity index (χ0) is 14.5. The molecule has 0 aliphatic rings. The van der Waals surface area contributed by atoms with Crippen LogP contribution in [0.25, 0.3) is 0 Å². The van der Waals surface area contributed by atoms with Gasteiger partial charge < -0.3 is 11.1 Å². The molecule has 1 amide bonds. The van der Waals surface area contributed by atoms with Gasteiger partial charge in [0.05, 0.1) is 11.5 Å².